The quantitative estimate of drug-likeness (QED) is 0.535. The summed E-state index contributed by atoms with van der Waals surface area (Å²) < 4.78 is 7.77. The van der Waals surface area contributed by atoms with Crippen molar-refractivity contribution in [2.45, 2.75) is 39.5 Å². The Kier molecular flexibility index (Phi) is 7.62. The van der Waals surface area contributed by atoms with Crippen molar-refractivity contribution in [2.75, 3.05) is 27.2 Å². The van der Waals surface area contributed by atoms with Gasteiger partial charge in [0.2, 0.25) is 0 Å². The lowest BCUT2D eigenvalue weighted by Crippen LogP contribution is -2.42. The van der Waals surface area contributed by atoms with Gasteiger partial charge in [0.05, 0.1) is 35.6 Å². The van der Waals surface area contributed by atoms with Gasteiger partial charge < -0.3 is 9.64 Å². The molecule has 0 saturated carbocycles. The molecule has 122 valence electrons. The monoisotopic (exact) mass is 317 g/mol. The fraction of sp³-hybridized carbons (Fsp3) is 0.786. The summed E-state index contributed by atoms with van der Waals surface area (Å²) in [5.74, 6) is 6.09. The molecule has 0 aliphatic carbocycles. The van der Waals surface area contributed by atoms with Gasteiger partial charge in [-0.25, -0.2) is 5.43 Å². The Balaban J connectivity index is 3.05. The van der Waals surface area contributed by atoms with Gasteiger partial charge in [0.25, 0.3) is 0 Å². The molecule has 0 fully saturated rings. The van der Waals surface area contributed by atoms with E-state index in [1.807, 2.05) is 25.7 Å². The number of nitrogens with two attached hydrogens (primary N) is 1. The number of likely N-dealkylation sites (N-methyl/N-ethyl adjacent to an activating group) is 1. The molecular formula is C14H28ClN5O. The first-order valence-corrected chi connectivity index (χ1v) is 7.73. The first kappa shape index (κ1) is 18.4. The van der Waals surface area contributed by atoms with Gasteiger partial charge in [-0.3, -0.25) is 10.5 Å². The molecular weight excluding hydrogens is 290 g/mol. The molecule has 2 atom stereocenters. The van der Waals surface area contributed by atoms with Crippen molar-refractivity contribution in [3.63, 3.8) is 0 Å². The smallest absolute Gasteiger partial charge is 0.0907 e. The molecule has 2 unspecified atom stereocenters. The van der Waals surface area contributed by atoms with Crippen molar-refractivity contribution in [1.82, 2.24) is 20.1 Å². The van der Waals surface area contributed by atoms with Gasteiger partial charge in [-0.15, -0.1) is 0 Å². The molecule has 21 heavy (non-hydrogen) atoms. The Labute approximate surface area is 132 Å². The number of hydrogen-bond donors (Lipinski definition) is 2. The topological polar surface area (TPSA) is 68.3 Å². The average molecular weight is 318 g/mol. The zero-order chi connectivity index (χ0) is 16.0. The Morgan fingerprint density at radius 3 is 2.62 bits per heavy atom. The van der Waals surface area contributed by atoms with Gasteiger partial charge in [-0.2, -0.15) is 5.10 Å². The minimum atomic E-state index is -0.192. The van der Waals surface area contributed by atoms with E-state index < -0.39 is 0 Å². The fourth-order valence-corrected chi connectivity index (χ4v) is 2.61. The largest absolute Gasteiger partial charge is 0.376 e. The molecule has 1 rings (SSSR count). The highest BCUT2D eigenvalue weighted by atomic mass is 35.5. The van der Waals surface area contributed by atoms with Gasteiger partial charge in [0.15, 0.2) is 0 Å². The van der Waals surface area contributed by atoms with Crippen molar-refractivity contribution in [3.05, 3.63) is 16.9 Å². The molecule has 0 aliphatic heterocycles. The number of hydrogen-bond acceptors (Lipinski definition) is 5. The summed E-state index contributed by atoms with van der Waals surface area (Å²) in [6, 6.07) is -0.192. The van der Waals surface area contributed by atoms with Crippen LogP contribution < -0.4 is 11.3 Å². The van der Waals surface area contributed by atoms with Crippen molar-refractivity contribution in [1.29, 1.82) is 0 Å². The molecule has 0 spiro atoms. The van der Waals surface area contributed by atoms with E-state index >= 15 is 0 Å². The first-order valence-electron chi connectivity index (χ1n) is 7.36. The lowest BCUT2D eigenvalue weighted by Gasteiger charge is -2.30. The number of nitrogens with one attached hydrogen (secondary N) is 1. The van der Waals surface area contributed by atoms with E-state index in [0.29, 0.717) is 17.5 Å². The van der Waals surface area contributed by atoms with Gasteiger partial charge >= 0.3 is 0 Å². The third-order valence-electron chi connectivity index (χ3n) is 3.41. The van der Waals surface area contributed by atoms with E-state index in [-0.39, 0.29) is 12.1 Å². The first-order chi connectivity index (χ1) is 9.92. The summed E-state index contributed by atoms with van der Waals surface area (Å²) in [7, 11) is 4.06. The van der Waals surface area contributed by atoms with E-state index in [4.69, 9.17) is 22.2 Å². The maximum atomic E-state index is 6.33. The number of nitrogens with zero attached hydrogens (tertiary/aromatic N) is 3. The molecule has 7 heteroatoms. The van der Waals surface area contributed by atoms with Crippen LogP contribution in [0.1, 0.15) is 32.5 Å². The maximum absolute atomic E-state index is 6.33. The van der Waals surface area contributed by atoms with Crippen molar-refractivity contribution < 1.29 is 4.74 Å². The van der Waals surface area contributed by atoms with Crippen LogP contribution in [0.25, 0.3) is 0 Å². The van der Waals surface area contributed by atoms with Crippen LogP contribution in [0.2, 0.25) is 5.02 Å². The van der Waals surface area contributed by atoms with Gasteiger partial charge in [0.1, 0.15) is 0 Å². The second-order valence-corrected chi connectivity index (χ2v) is 6.12. The predicted molar refractivity (Wildman–Crippen MR) is 86.1 cm³/mol. The minimum absolute atomic E-state index is 0.0627. The SMILES string of the molecule is CCOC(C(C)C)C(NN)c1c(Cl)cnn1CCN(C)C. The third kappa shape index (κ3) is 4.93. The number of halogens is 1. The Bertz CT molecular complexity index is 421. The van der Waals surface area contributed by atoms with Crippen LogP contribution in [0.15, 0.2) is 6.20 Å². The maximum Gasteiger partial charge on any atom is 0.0907 e. The second-order valence-electron chi connectivity index (χ2n) is 5.71. The molecule has 0 aliphatic rings. The van der Waals surface area contributed by atoms with Crippen molar-refractivity contribution >= 4 is 11.6 Å². The zero-order valence-electron chi connectivity index (χ0n) is 13.6. The van der Waals surface area contributed by atoms with Crippen LogP contribution in [0.5, 0.6) is 0 Å². The molecule has 1 aromatic rings. The number of rotatable bonds is 9. The van der Waals surface area contributed by atoms with Gasteiger partial charge in [-0.05, 0) is 26.9 Å². The summed E-state index contributed by atoms with van der Waals surface area (Å²) in [6.07, 6.45) is 1.60. The standard InChI is InChI=1S/C14H28ClN5O/c1-6-21-14(10(2)3)12(18-16)13-11(15)9-17-20(13)8-7-19(4)5/h9-10,12,14,18H,6-8,16H2,1-5H3. The van der Waals surface area contributed by atoms with Gasteiger partial charge in [-0.1, -0.05) is 25.4 Å². The summed E-state index contributed by atoms with van der Waals surface area (Å²) in [4.78, 5) is 2.10. The van der Waals surface area contributed by atoms with Crippen LogP contribution >= 0.6 is 11.6 Å². The Hall–Kier alpha value is -0.660. The molecule has 0 saturated heterocycles. The lowest BCUT2D eigenvalue weighted by atomic mass is 9.97. The number of hydrazine groups is 1. The fourth-order valence-electron chi connectivity index (χ4n) is 2.35. The van der Waals surface area contributed by atoms with E-state index in [1.54, 1.807) is 6.20 Å². The van der Waals surface area contributed by atoms with E-state index in [1.165, 1.54) is 0 Å². The molecule has 0 amide bonds. The summed E-state index contributed by atoms with van der Waals surface area (Å²) in [5.41, 5.74) is 3.74. The van der Waals surface area contributed by atoms with E-state index in [0.717, 1.165) is 18.8 Å². The normalized spacial score (nSPS) is 14.9. The Morgan fingerprint density at radius 2 is 2.14 bits per heavy atom. The van der Waals surface area contributed by atoms with E-state index in [9.17, 15) is 0 Å². The van der Waals surface area contributed by atoms with E-state index in [2.05, 4.69) is 29.3 Å². The predicted octanol–water partition coefficient (Wildman–Crippen LogP) is 1.66. The van der Waals surface area contributed by atoms with Crippen molar-refractivity contribution in [2.24, 2.45) is 11.8 Å². The lowest BCUT2D eigenvalue weighted by molar-refractivity contribution is 0.000633. The average Bonchev–Trinajstić information content (AvgIpc) is 2.78. The molecule has 3 N–H and O–H groups in total. The van der Waals surface area contributed by atoms with Crippen LogP contribution in [0.3, 0.4) is 0 Å². The van der Waals surface area contributed by atoms with Crippen molar-refractivity contribution in [3.8, 4) is 0 Å². The number of ether oxygens (including phenoxy) is 1. The highest BCUT2D eigenvalue weighted by Crippen LogP contribution is 2.29. The second kappa shape index (κ2) is 8.70. The summed E-state index contributed by atoms with van der Waals surface area (Å²) in [6.45, 7) is 8.46. The molecule has 0 radical (unpaired) electrons. The molecule has 1 aromatic heterocycles. The molecule has 0 aromatic carbocycles. The highest BCUT2D eigenvalue weighted by Gasteiger charge is 2.30. The van der Waals surface area contributed by atoms with Gasteiger partial charge in [0, 0.05) is 13.2 Å². The summed E-state index contributed by atoms with van der Waals surface area (Å²) >= 11 is 6.33. The minimum Gasteiger partial charge on any atom is -0.376 e. The third-order valence-corrected chi connectivity index (χ3v) is 3.70. The zero-order valence-corrected chi connectivity index (χ0v) is 14.4. The molecule has 1 heterocycles. The Morgan fingerprint density at radius 1 is 1.48 bits per heavy atom. The van der Waals surface area contributed by atoms with Crippen LogP contribution in [-0.4, -0.2) is 48.0 Å². The van der Waals surface area contributed by atoms with Crippen LogP contribution in [0, 0.1) is 5.92 Å². The van der Waals surface area contributed by atoms with Crippen LogP contribution in [0.4, 0.5) is 0 Å². The van der Waals surface area contributed by atoms with Crippen LogP contribution in [-0.2, 0) is 11.3 Å². The number of aromatic nitrogens is 2. The summed E-state index contributed by atoms with van der Waals surface area (Å²) in [5, 5.41) is 4.98. The molecule has 6 nitrogen and oxygen atoms in total. The molecule has 0 bridgehead atoms. The highest BCUT2D eigenvalue weighted by molar-refractivity contribution is 6.31.